The summed E-state index contributed by atoms with van der Waals surface area (Å²) in [5.41, 5.74) is 0. The van der Waals surface area contributed by atoms with Crippen molar-refractivity contribution in [3.8, 4) is 0 Å². The number of halogens is 1. The smallest absolute Gasteiger partial charge is 0.00632 e. The van der Waals surface area contributed by atoms with Gasteiger partial charge in [0.15, 0.2) is 0 Å². The average molecular weight is 261 g/mol. The van der Waals surface area contributed by atoms with Crippen molar-refractivity contribution in [2.75, 3.05) is 5.33 Å². The number of thiophene rings is 1. The first-order valence-electron chi connectivity index (χ1n) is 4.80. The predicted molar refractivity (Wildman–Crippen MR) is 64.8 cm³/mol. The molecule has 0 aliphatic carbocycles. The zero-order valence-electron chi connectivity index (χ0n) is 8.29. The molecule has 0 nitrogen and oxygen atoms in total. The minimum atomic E-state index is 0.804. The Morgan fingerprint density at radius 3 is 2.69 bits per heavy atom. The topological polar surface area (TPSA) is 0 Å². The van der Waals surface area contributed by atoms with Gasteiger partial charge < -0.3 is 0 Å². The van der Waals surface area contributed by atoms with Crippen molar-refractivity contribution in [1.29, 1.82) is 0 Å². The summed E-state index contributed by atoms with van der Waals surface area (Å²) in [5, 5.41) is 3.29. The van der Waals surface area contributed by atoms with Crippen LogP contribution >= 0.6 is 27.3 Å². The van der Waals surface area contributed by atoms with Gasteiger partial charge in [0, 0.05) is 10.2 Å². The summed E-state index contributed by atoms with van der Waals surface area (Å²) in [6.07, 6.45) is 2.56. The van der Waals surface area contributed by atoms with E-state index >= 15 is 0 Å². The van der Waals surface area contributed by atoms with Gasteiger partial charge in [0.1, 0.15) is 0 Å². The predicted octanol–water partition coefficient (Wildman–Crippen LogP) is 4.35. The number of hydrogen-bond acceptors (Lipinski definition) is 1. The summed E-state index contributed by atoms with van der Waals surface area (Å²) >= 11 is 5.47. The van der Waals surface area contributed by atoms with E-state index in [0.717, 1.165) is 17.2 Å². The molecular formula is C11H17BrS. The maximum absolute atomic E-state index is 3.59. The number of hydrogen-bond donors (Lipinski definition) is 0. The monoisotopic (exact) mass is 260 g/mol. The summed E-state index contributed by atoms with van der Waals surface area (Å²) in [6, 6.07) is 4.38. The molecule has 0 aromatic carbocycles. The van der Waals surface area contributed by atoms with Crippen LogP contribution in [0.1, 0.15) is 25.1 Å². The quantitative estimate of drug-likeness (QED) is 0.691. The average Bonchev–Trinajstić information content (AvgIpc) is 2.55. The van der Waals surface area contributed by atoms with Crippen molar-refractivity contribution < 1.29 is 0 Å². The molecule has 0 saturated carbocycles. The van der Waals surface area contributed by atoms with E-state index in [1.807, 2.05) is 11.3 Å². The van der Waals surface area contributed by atoms with Gasteiger partial charge in [-0.1, -0.05) is 35.8 Å². The molecule has 1 heterocycles. The van der Waals surface area contributed by atoms with Crippen LogP contribution in [-0.2, 0) is 6.42 Å². The molecular weight excluding hydrogens is 244 g/mol. The third-order valence-electron chi connectivity index (χ3n) is 2.09. The van der Waals surface area contributed by atoms with Crippen LogP contribution in [0.5, 0.6) is 0 Å². The highest BCUT2D eigenvalue weighted by molar-refractivity contribution is 9.09. The highest BCUT2D eigenvalue weighted by Gasteiger charge is 2.10. The molecule has 0 spiro atoms. The standard InChI is InChI=1S/C11H17BrS/c1-9(2)6-10(8-12)7-11-4-3-5-13-11/h3-5,9-10H,6-8H2,1-2H3. The lowest BCUT2D eigenvalue weighted by Crippen LogP contribution is -2.08. The van der Waals surface area contributed by atoms with E-state index in [1.54, 1.807) is 0 Å². The molecule has 0 aliphatic rings. The molecule has 1 aromatic heterocycles. The molecule has 1 atom stereocenters. The fraction of sp³-hybridized carbons (Fsp3) is 0.636. The van der Waals surface area contributed by atoms with Crippen molar-refractivity contribution in [2.45, 2.75) is 26.7 Å². The maximum atomic E-state index is 3.59. The third kappa shape index (κ3) is 4.28. The molecule has 0 N–H and O–H groups in total. The largest absolute Gasteiger partial charge is 0.149 e. The summed E-state index contributed by atoms with van der Waals surface area (Å²) in [5.74, 6) is 1.61. The maximum Gasteiger partial charge on any atom is 0.00632 e. The van der Waals surface area contributed by atoms with Crippen LogP contribution in [-0.4, -0.2) is 5.33 Å². The first-order valence-corrected chi connectivity index (χ1v) is 6.80. The molecule has 0 amide bonds. The molecule has 0 radical (unpaired) electrons. The van der Waals surface area contributed by atoms with Gasteiger partial charge in [0.25, 0.3) is 0 Å². The van der Waals surface area contributed by atoms with Gasteiger partial charge in [-0.2, -0.15) is 0 Å². The van der Waals surface area contributed by atoms with Gasteiger partial charge in [0.2, 0.25) is 0 Å². The van der Waals surface area contributed by atoms with Crippen molar-refractivity contribution in [3.63, 3.8) is 0 Å². The van der Waals surface area contributed by atoms with E-state index < -0.39 is 0 Å². The zero-order chi connectivity index (χ0) is 9.68. The van der Waals surface area contributed by atoms with Crippen molar-refractivity contribution >= 4 is 27.3 Å². The molecule has 2 heteroatoms. The summed E-state index contributed by atoms with van der Waals surface area (Å²) < 4.78 is 0. The second-order valence-corrected chi connectivity index (χ2v) is 5.61. The van der Waals surface area contributed by atoms with Crippen LogP contribution in [0.4, 0.5) is 0 Å². The van der Waals surface area contributed by atoms with Crippen LogP contribution in [0, 0.1) is 11.8 Å². The minimum Gasteiger partial charge on any atom is -0.149 e. The SMILES string of the molecule is CC(C)CC(CBr)Cc1cccs1. The van der Waals surface area contributed by atoms with Crippen LogP contribution in [0.25, 0.3) is 0 Å². The van der Waals surface area contributed by atoms with E-state index in [-0.39, 0.29) is 0 Å². The minimum absolute atomic E-state index is 0.804. The molecule has 0 fully saturated rings. The molecule has 1 unspecified atom stereocenters. The summed E-state index contributed by atoms with van der Waals surface area (Å²) in [7, 11) is 0. The van der Waals surface area contributed by atoms with Gasteiger partial charge in [-0.3, -0.25) is 0 Å². The lowest BCUT2D eigenvalue weighted by Gasteiger charge is -2.15. The second-order valence-electron chi connectivity index (χ2n) is 3.93. The Morgan fingerprint density at radius 1 is 1.46 bits per heavy atom. The van der Waals surface area contributed by atoms with Crippen LogP contribution in [0.15, 0.2) is 17.5 Å². The van der Waals surface area contributed by atoms with Gasteiger partial charge in [-0.15, -0.1) is 11.3 Å². The van der Waals surface area contributed by atoms with Crippen molar-refractivity contribution in [3.05, 3.63) is 22.4 Å². The Bertz CT molecular complexity index is 216. The first kappa shape index (κ1) is 11.3. The summed E-state index contributed by atoms with van der Waals surface area (Å²) in [4.78, 5) is 1.52. The molecule has 1 rings (SSSR count). The van der Waals surface area contributed by atoms with E-state index in [1.165, 1.54) is 17.7 Å². The third-order valence-corrected chi connectivity index (χ3v) is 3.91. The normalized spacial score (nSPS) is 13.5. The Balaban J connectivity index is 2.40. The molecule has 13 heavy (non-hydrogen) atoms. The molecule has 0 saturated heterocycles. The Hall–Kier alpha value is 0.180. The summed E-state index contributed by atoms with van der Waals surface area (Å²) in [6.45, 7) is 4.59. The number of alkyl halides is 1. The zero-order valence-corrected chi connectivity index (χ0v) is 10.7. The van der Waals surface area contributed by atoms with Gasteiger partial charge in [-0.25, -0.2) is 0 Å². The Kier molecular flexibility index (Phi) is 5.04. The fourth-order valence-electron chi connectivity index (χ4n) is 1.58. The van der Waals surface area contributed by atoms with Crippen LogP contribution in [0.3, 0.4) is 0 Å². The first-order chi connectivity index (χ1) is 6.22. The van der Waals surface area contributed by atoms with E-state index in [9.17, 15) is 0 Å². The molecule has 0 aliphatic heterocycles. The number of rotatable bonds is 5. The highest BCUT2D eigenvalue weighted by Crippen LogP contribution is 2.21. The van der Waals surface area contributed by atoms with Crippen molar-refractivity contribution in [1.82, 2.24) is 0 Å². The molecule has 1 aromatic rings. The fourth-order valence-corrected chi connectivity index (χ4v) is 2.90. The van der Waals surface area contributed by atoms with Gasteiger partial charge in [0.05, 0.1) is 0 Å². The lowest BCUT2D eigenvalue weighted by molar-refractivity contribution is 0.447. The Morgan fingerprint density at radius 2 is 2.23 bits per heavy atom. The molecule has 0 bridgehead atoms. The van der Waals surface area contributed by atoms with Crippen molar-refractivity contribution in [2.24, 2.45) is 11.8 Å². The van der Waals surface area contributed by atoms with Crippen LogP contribution in [0.2, 0.25) is 0 Å². The Labute approximate surface area is 93.5 Å². The lowest BCUT2D eigenvalue weighted by atomic mass is 9.95. The van der Waals surface area contributed by atoms with Crippen LogP contribution < -0.4 is 0 Å². The van der Waals surface area contributed by atoms with E-state index in [4.69, 9.17) is 0 Å². The second kappa shape index (κ2) is 5.82. The molecule has 74 valence electrons. The highest BCUT2D eigenvalue weighted by atomic mass is 79.9. The van der Waals surface area contributed by atoms with Gasteiger partial charge >= 0.3 is 0 Å². The van der Waals surface area contributed by atoms with Gasteiger partial charge in [-0.05, 0) is 36.1 Å². The van der Waals surface area contributed by atoms with E-state index in [2.05, 4.69) is 47.3 Å². The van der Waals surface area contributed by atoms with E-state index in [0.29, 0.717) is 0 Å².